The molecule has 0 aromatic heterocycles. The zero-order chi connectivity index (χ0) is 13.7. The molecule has 0 spiro atoms. The summed E-state index contributed by atoms with van der Waals surface area (Å²) in [4.78, 5) is 11.1. The average molecular weight is 261 g/mol. The normalized spacial score (nSPS) is 36.4. The highest BCUT2D eigenvalue weighted by atomic mass is 16.5. The van der Waals surface area contributed by atoms with Gasteiger partial charge in [0.15, 0.2) is 0 Å². The van der Waals surface area contributed by atoms with Gasteiger partial charge in [-0.15, -0.1) is 0 Å². The van der Waals surface area contributed by atoms with E-state index < -0.39 is 24.4 Å². The third-order valence-electron chi connectivity index (χ3n) is 3.24. The van der Waals surface area contributed by atoms with Crippen molar-refractivity contribution in [3.63, 3.8) is 0 Å². The quantitative estimate of drug-likeness (QED) is 0.517. The molecule has 0 radical (unpaired) electrons. The van der Waals surface area contributed by atoms with E-state index in [1.54, 1.807) is 0 Å². The lowest BCUT2D eigenvalue weighted by atomic mass is 9.90. The Morgan fingerprint density at radius 3 is 2.44 bits per heavy atom. The first-order valence-corrected chi connectivity index (χ1v) is 6.40. The number of hydrogen-bond donors (Lipinski definition) is 4. The predicted octanol–water partition coefficient (Wildman–Crippen LogP) is -0.837. The molecule has 6 nitrogen and oxygen atoms in total. The Labute approximate surface area is 107 Å². The van der Waals surface area contributed by atoms with E-state index >= 15 is 0 Å². The van der Waals surface area contributed by atoms with E-state index in [-0.39, 0.29) is 18.6 Å². The van der Waals surface area contributed by atoms with Crippen LogP contribution in [0.3, 0.4) is 0 Å². The van der Waals surface area contributed by atoms with Gasteiger partial charge in [-0.3, -0.25) is 4.79 Å². The standard InChI is InChI=1S/C12H23NO5/c1-3-4-5-8-10(13-7(2)15)12(17)11(16)9(6-14)18-8/h8-12,14,16-17H,3-6H2,1-2H3,(H,13,15). The van der Waals surface area contributed by atoms with Crippen molar-refractivity contribution >= 4 is 5.91 Å². The van der Waals surface area contributed by atoms with Gasteiger partial charge in [0.25, 0.3) is 0 Å². The fraction of sp³-hybridized carbons (Fsp3) is 0.917. The van der Waals surface area contributed by atoms with Gasteiger partial charge in [-0.1, -0.05) is 19.8 Å². The van der Waals surface area contributed by atoms with Gasteiger partial charge in [0.1, 0.15) is 18.3 Å². The van der Waals surface area contributed by atoms with E-state index in [2.05, 4.69) is 5.32 Å². The molecule has 0 aromatic carbocycles. The molecule has 6 heteroatoms. The SMILES string of the molecule is CCCCC1OC(CO)C(O)C(O)C1NC(C)=O. The molecule has 18 heavy (non-hydrogen) atoms. The maximum Gasteiger partial charge on any atom is 0.217 e. The largest absolute Gasteiger partial charge is 0.394 e. The first-order chi connectivity index (χ1) is 8.51. The van der Waals surface area contributed by atoms with Crippen LogP contribution in [0.4, 0.5) is 0 Å². The Balaban J connectivity index is 2.76. The lowest BCUT2D eigenvalue weighted by molar-refractivity contribution is -0.196. The molecule has 5 unspecified atom stereocenters. The fourth-order valence-electron chi connectivity index (χ4n) is 2.26. The van der Waals surface area contributed by atoms with E-state index in [4.69, 9.17) is 9.84 Å². The number of carbonyl (C=O) groups excluding carboxylic acids is 1. The van der Waals surface area contributed by atoms with Crippen LogP contribution >= 0.6 is 0 Å². The van der Waals surface area contributed by atoms with Crippen molar-refractivity contribution in [3.05, 3.63) is 0 Å². The molecule has 0 saturated carbocycles. The molecule has 1 rings (SSSR count). The predicted molar refractivity (Wildman–Crippen MR) is 64.9 cm³/mol. The summed E-state index contributed by atoms with van der Waals surface area (Å²) in [6.45, 7) is 3.03. The fourth-order valence-corrected chi connectivity index (χ4v) is 2.26. The molecule has 1 aliphatic heterocycles. The second-order valence-electron chi connectivity index (χ2n) is 4.75. The molecule has 1 heterocycles. The van der Waals surface area contributed by atoms with E-state index in [0.717, 1.165) is 12.8 Å². The van der Waals surface area contributed by atoms with Crippen molar-refractivity contribution in [2.75, 3.05) is 6.61 Å². The van der Waals surface area contributed by atoms with E-state index in [1.807, 2.05) is 6.92 Å². The van der Waals surface area contributed by atoms with Crippen molar-refractivity contribution < 1.29 is 24.9 Å². The van der Waals surface area contributed by atoms with Crippen molar-refractivity contribution in [1.82, 2.24) is 5.32 Å². The molecule has 0 bridgehead atoms. The number of rotatable bonds is 5. The minimum atomic E-state index is -1.19. The number of amides is 1. The Morgan fingerprint density at radius 1 is 1.28 bits per heavy atom. The third kappa shape index (κ3) is 3.65. The lowest BCUT2D eigenvalue weighted by Gasteiger charge is -2.42. The van der Waals surface area contributed by atoms with Crippen LogP contribution in [-0.2, 0) is 9.53 Å². The molecule has 1 saturated heterocycles. The van der Waals surface area contributed by atoms with Crippen LogP contribution in [0, 0.1) is 0 Å². The summed E-state index contributed by atoms with van der Waals surface area (Å²) in [7, 11) is 0. The highest BCUT2D eigenvalue weighted by molar-refractivity contribution is 5.73. The molecule has 1 amide bonds. The molecule has 1 aliphatic rings. The summed E-state index contributed by atoms with van der Waals surface area (Å²) in [5, 5.41) is 31.5. The van der Waals surface area contributed by atoms with Gasteiger partial charge in [-0.25, -0.2) is 0 Å². The van der Waals surface area contributed by atoms with Gasteiger partial charge >= 0.3 is 0 Å². The third-order valence-corrected chi connectivity index (χ3v) is 3.24. The van der Waals surface area contributed by atoms with Gasteiger partial charge in [-0.2, -0.15) is 0 Å². The maximum absolute atomic E-state index is 11.1. The number of carbonyl (C=O) groups is 1. The number of nitrogens with one attached hydrogen (secondary N) is 1. The molecule has 0 aliphatic carbocycles. The Morgan fingerprint density at radius 2 is 1.94 bits per heavy atom. The number of ether oxygens (including phenoxy) is 1. The maximum atomic E-state index is 11.1. The molecule has 1 fully saturated rings. The van der Waals surface area contributed by atoms with E-state index in [9.17, 15) is 15.0 Å². The Hall–Kier alpha value is -0.690. The molecule has 5 atom stereocenters. The van der Waals surface area contributed by atoms with Gasteiger partial charge in [0, 0.05) is 6.92 Å². The minimum Gasteiger partial charge on any atom is -0.394 e. The number of aliphatic hydroxyl groups excluding tert-OH is 3. The number of unbranched alkanes of at least 4 members (excludes halogenated alkanes) is 1. The van der Waals surface area contributed by atoms with Gasteiger partial charge in [0.05, 0.1) is 18.8 Å². The van der Waals surface area contributed by atoms with Crippen molar-refractivity contribution in [3.8, 4) is 0 Å². The summed E-state index contributed by atoms with van der Waals surface area (Å²) < 4.78 is 5.56. The zero-order valence-corrected chi connectivity index (χ0v) is 10.9. The highest BCUT2D eigenvalue weighted by Crippen LogP contribution is 2.24. The van der Waals surface area contributed by atoms with E-state index in [0.29, 0.717) is 6.42 Å². The monoisotopic (exact) mass is 261 g/mol. The second-order valence-corrected chi connectivity index (χ2v) is 4.75. The molecule has 4 N–H and O–H groups in total. The van der Waals surface area contributed by atoms with Crippen molar-refractivity contribution in [1.29, 1.82) is 0 Å². The summed E-state index contributed by atoms with van der Waals surface area (Å²) in [6.07, 6.45) is -0.971. The minimum absolute atomic E-state index is 0.279. The van der Waals surface area contributed by atoms with Crippen LogP contribution < -0.4 is 5.32 Å². The van der Waals surface area contributed by atoms with Crippen molar-refractivity contribution in [2.45, 2.75) is 63.6 Å². The number of hydrogen-bond acceptors (Lipinski definition) is 5. The van der Waals surface area contributed by atoms with Crippen LogP contribution in [0.15, 0.2) is 0 Å². The summed E-state index contributed by atoms with van der Waals surface area (Å²) >= 11 is 0. The highest BCUT2D eigenvalue weighted by Gasteiger charge is 2.44. The van der Waals surface area contributed by atoms with Crippen LogP contribution in [-0.4, -0.2) is 58.3 Å². The summed E-state index contributed by atoms with van der Waals surface area (Å²) in [5.74, 6) is -0.279. The smallest absolute Gasteiger partial charge is 0.217 e. The summed E-state index contributed by atoms with van der Waals surface area (Å²) in [5.41, 5.74) is 0. The first kappa shape index (κ1) is 15.4. The lowest BCUT2D eigenvalue weighted by Crippen LogP contribution is -2.63. The van der Waals surface area contributed by atoms with Crippen LogP contribution in [0.2, 0.25) is 0 Å². The molecular weight excluding hydrogens is 238 g/mol. The van der Waals surface area contributed by atoms with Gasteiger partial charge in [-0.05, 0) is 6.42 Å². The van der Waals surface area contributed by atoms with Crippen LogP contribution in [0.5, 0.6) is 0 Å². The van der Waals surface area contributed by atoms with Crippen LogP contribution in [0.25, 0.3) is 0 Å². The molecular formula is C12H23NO5. The average Bonchev–Trinajstić information content (AvgIpc) is 2.33. The van der Waals surface area contributed by atoms with Gasteiger partial charge in [0.2, 0.25) is 5.91 Å². The first-order valence-electron chi connectivity index (χ1n) is 6.40. The van der Waals surface area contributed by atoms with Crippen LogP contribution in [0.1, 0.15) is 33.1 Å². The van der Waals surface area contributed by atoms with Gasteiger partial charge < -0.3 is 25.4 Å². The zero-order valence-electron chi connectivity index (χ0n) is 10.9. The topological polar surface area (TPSA) is 99.0 Å². The molecule has 0 aromatic rings. The second kappa shape index (κ2) is 7.04. The van der Waals surface area contributed by atoms with Crippen molar-refractivity contribution in [2.24, 2.45) is 0 Å². The van der Waals surface area contributed by atoms with E-state index in [1.165, 1.54) is 6.92 Å². The number of aliphatic hydroxyl groups is 3. The molecule has 106 valence electrons. The Kier molecular flexibility index (Phi) is 6.01. The Bertz CT molecular complexity index is 273. The summed E-state index contributed by atoms with van der Waals surface area (Å²) in [6, 6.07) is -0.633.